The van der Waals surface area contributed by atoms with Crippen LogP contribution in [0, 0.1) is 5.92 Å². The molecule has 2 amide bonds. The van der Waals surface area contributed by atoms with Crippen molar-refractivity contribution < 1.29 is 14.3 Å². The molecule has 2 heterocycles. The van der Waals surface area contributed by atoms with Gasteiger partial charge in [-0.3, -0.25) is 9.59 Å². The molecule has 0 fully saturated rings. The van der Waals surface area contributed by atoms with Crippen molar-refractivity contribution in [2.75, 3.05) is 17.7 Å². The van der Waals surface area contributed by atoms with Crippen LogP contribution in [-0.4, -0.2) is 28.5 Å². The Morgan fingerprint density at radius 2 is 1.92 bits per heavy atom. The Morgan fingerprint density at radius 3 is 2.65 bits per heavy atom. The van der Waals surface area contributed by atoms with E-state index < -0.39 is 0 Å². The van der Waals surface area contributed by atoms with Gasteiger partial charge in [-0.25, -0.2) is 4.52 Å². The number of amides is 2. The van der Waals surface area contributed by atoms with Gasteiger partial charge in [0.2, 0.25) is 5.91 Å². The molecule has 0 aliphatic rings. The molecule has 0 radical (unpaired) electrons. The summed E-state index contributed by atoms with van der Waals surface area (Å²) in [4.78, 5) is 24.8. The first-order chi connectivity index (χ1) is 12.5. The number of carbonyl (C=O) groups is 2. The van der Waals surface area contributed by atoms with E-state index in [2.05, 4.69) is 15.7 Å². The van der Waals surface area contributed by atoms with E-state index >= 15 is 0 Å². The summed E-state index contributed by atoms with van der Waals surface area (Å²) in [5.41, 5.74) is 2.11. The molecule has 26 heavy (non-hydrogen) atoms. The molecule has 1 aromatic carbocycles. The lowest BCUT2D eigenvalue weighted by atomic mass is 10.1. The fourth-order valence-electron chi connectivity index (χ4n) is 2.44. The van der Waals surface area contributed by atoms with Gasteiger partial charge >= 0.3 is 0 Å². The minimum absolute atomic E-state index is 0.148. The van der Waals surface area contributed by atoms with Gasteiger partial charge < -0.3 is 15.4 Å². The average Bonchev–Trinajstić information content (AvgIpc) is 3.07. The van der Waals surface area contributed by atoms with Gasteiger partial charge in [0.25, 0.3) is 5.91 Å². The fourth-order valence-corrected chi connectivity index (χ4v) is 2.44. The van der Waals surface area contributed by atoms with Gasteiger partial charge in [0, 0.05) is 18.2 Å². The number of nitrogens with zero attached hydrogens (tertiary/aromatic N) is 2. The number of methoxy groups -OCH3 is 1. The Balaban J connectivity index is 1.91. The third kappa shape index (κ3) is 3.51. The Labute approximate surface area is 151 Å². The van der Waals surface area contributed by atoms with Crippen molar-refractivity contribution in [2.45, 2.75) is 13.8 Å². The maximum atomic E-state index is 12.7. The molecule has 0 aliphatic heterocycles. The van der Waals surface area contributed by atoms with Gasteiger partial charge in [-0.15, -0.1) is 0 Å². The minimum Gasteiger partial charge on any atom is -0.497 e. The lowest BCUT2D eigenvalue weighted by Gasteiger charge is -2.14. The van der Waals surface area contributed by atoms with Crippen LogP contribution < -0.4 is 15.4 Å². The maximum Gasteiger partial charge on any atom is 0.259 e. The molecule has 0 bridgehead atoms. The lowest BCUT2D eigenvalue weighted by molar-refractivity contribution is -0.118. The second-order valence-electron chi connectivity index (χ2n) is 6.10. The number of pyridine rings is 1. The number of carbonyl (C=O) groups excluding carboxylic acids is 2. The van der Waals surface area contributed by atoms with Crippen molar-refractivity contribution in [1.82, 2.24) is 9.61 Å². The van der Waals surface area contributed by atoms with Crippen LogP contribution in [0.25, 0.3) is 5.52 Å². The molecule has 0 unspecified atom stereocenters. The molecule has 2 N–H and O–H groups in total. The molecule has 2 aromatic heterocycles. The first-order valence-corrected chi connectivity index (χ1v) is 8.22. The van der Waals surface area contributed by atoms with Crippen LogP contribution in [0.3, 0.4) is 0 Å². The predicted octanol–water partition coefficient (Wildman–Crippen LogP) is 3.19. The van der Waals surface area contributed by atoms with Gasteiger partial charge in [-0.2, -0.15) is 5.10 Å². The summed E-state index contributed by atoms with van der Waals surface area (Å²) in [6, 6.07) is 10.6. The van der Waals surface area contributed by atoms with Crippen LogP contribution in [-0.2, 0) is 4.79 Å². The van der Waals surface area contributed by atoms with Crippen LogP contribution in [0.4, 0.5) is 11.4 Å². The van der Waals surface area contributed by atoms with Crippen molar-refractivity contribution in [3.63, 3.8) is 0 Å². The van der Waals surface area contributed by atoms with Crippen LogP contribution in [0.1, 0.15) is 24.2 Å². The average molecular weight is 352 g/mol. The Hall–Kier alpha value is -3.35. The molecule has 7 heteroatoms. The van der Waals surface area contributed by atoms with Gasteiger partial charge in [0.1, 0.15) is 5.75 Å². The summed E-state index contributed by atoms with van der Waals surface area (Å²) >= 11 is 0. The van der Waals surface area contributed by atoms with E-state index in [0.717, 1.165) is 0 Å². The number of aromatic nitrogens is 2. The van der Waals surface area contributed by atoms with Crippen molar-refractivity contribution in [3.05, 3.63) is 54.4 Å². The molecule has 0 saturated heterocycles. The van der Waals surface area contributed by atoms with Gasteiger partial charge in [-0.1, -0.05) is 19.9 Å². The lowest BCUT2D eigenvalue weighted by Crippen LogP contribution is -2.20. The van der Waals surface area contributed by atoms with Crippen molar-refractivity contribution in [2.24, 2.45) is 5.92 Å². The second-order valence-corrected chi connectivity index (χ2v) is 6.10. The Kier molecular flexibility index (Phi) is 4.88. The van der Waals surface area contributed by atoms with E-state index in [1.807, 2.05) is 18.2 Å². The van der Waals surface area contributed by atoms with Crippen LogP contribution in [0.5, 0.6) is 5.75 Å². The number of ether oxygens (including phenoxy) is 1. The number of hydrogen-bond acceptors (Lipinski definition) is 4. The number of rotatable bonds is 5. The largest absolute Gasteiger partial charge is 0.497 e. The van der Waals surface area contributed by atoms with Gasteiger partial charge in [0.15, 0.2) is 0 Å². The molecule has 0 saturated carbocycles. The SMILES string of the molecule is COc1ccc(NC(=O)c2cnn3ccccc23)c(NC(=O)C(C)C)c1. The number of benzene rings is 1. The summed E-state index contributed by atoms with van der Waals surface area (Å²) in [5.74, 6) is -0.0662. The zero-order valence-electron chi connectivity index (χ0n) is 14.8. The van der Waals surface area contributed by atoms with E-state index in [1.165, 1.54) is 6.20 Å². The summed E-state index contributed by atoms with van der Waals surface area (Å²) in [6.45, 7) is 3.60. The third-order valence-corrected chi connectivity index (χ3v) is 3.93. The van der Waals surface area contributed by atoms with E-state index in [9.17, 15) is 9.59 Å². The summed E-state index contributed by atoms with van der Waals surface area (Å²) < 4.78 is 6.84. The molecule has 3 aromatic rings. The molecule has 7 nitrogen and oxygen atoms in total. The highest BCUT2D eigenvalue weighted by Gasteiger charge is 2.16. The van der Waals surface area contributed by atoms with Gasteiger partial charge in [0.05, 0.1) is 35.8 Å². The molecule has 0 atom stereocenters. The molecule has 134 valence electrons. The van der Waals surface area contributed by atoms with Crippen molar-refractivity contribution in [1.29, 1.82) is 0 Å². The smallest absolute Gasteiger partial charge is 0.259 e. The number of nitrogens with one attached hydrogen (secondary N) is 2. The van der Waals surface area contributed by atoms with Crippen LogP contribution >= 0.6 is 0 Å². The first-order valence-electron chi connectivity index (χ1n) is 8.22. The highest BCUT2D eigenvalue weighted by Crippen LogP contribution is 2.28. The van der Waals surface area contributed by atoms with E-state index in [4.69, 9.17) is 4.74 Å². The zero-order valence-corrected chi connectivity index (χ0v) is 14.8. The molecule has 0 aliphatic carbocycles. The second kappa shape index (κ2) is 7.26. The zero-order chi connectivity index (χ0) is 18.7. The Morgan fingerprint density at radius 1 is 1.12 bits per heavy atom. The number of fused-ring (bicyclic) bond motifs is 1. The summed E-state index contributed by atoms with van der Waals surface area (Å²) in [7, 11) is 1.54. The Bertz CT molecular complexity index is 962. The topological polar surface area (TPSA) is 84.7 Å². The van der Waals surface area contributed by atoms with E-state index in [0.29, 0.717) is 28.2 Å². The first kappa shape index (κ1) is 17.5. The highest BCUT2D eigenvalue weighted by molar-refractivity contribution is 6.11. The highest BCUT2D eigenvalue weighted by atomic mass is 16.5. The fraction of sp³-hybridized carbons (Fsp3) is 0.211. The summed E-state index contributed by atoms with van der Waals surface area (Å²) in [6.07, 6.45) is 3.29. The van der Waals surface area contributed by atoms with Crippen LogP contribution in [0.15, 0.2) is 48.8 Å². The van der Waals surface area contributed by atoms with Crippen LogP contribution in [0.2, 0.25) is 0 Å². The van der Waals surface area contributed by atoms with Gasteiger partial charge in [-0.05, 0) is 24.3 Å². The predicted molar refractivity (Wildman–Crippen MR) is 99.6 cm³/mol. The third-order valence-electron chi connectivity index (χ3n) is 3.93. The van der Waals surface area contributed by atoms with E-state index in [1.54, 1.807) is 49.9 Å². The molecular formula is C19H20N4O3. The monoisotopic (exact) mass is 352 g/mol. The number of anilines is 2. The maximum absolute atomic E-state index is 12.7. The quantitative estimate of drug-likeness (QED) is 0.738. The van der Waals surface area contributed by atoms with E-state index in [-0.39, 0.29) is 17.7 Å². The van der Waals surface area contributed by atoms with Crippen molar-refractivity contribution in [3.8, 4) is 5.75 Å². The summed E-state index contributed by atoms with van der Waals surface area (Å²) in [5, 5.41) is 9.82. The normalized spacial score (nSPS) is 10.8. The number of hydrogen-bond donors (Lipinski definition) is 2. The molecule has 0 spiro atoms. The standard InChI is InChI=1S/C19H20N4O3/c1-12(2)18(24)22-16-10-13(26-3)7-8-15(16)21-19(25)14-11-20-23-9-5-4-6-17(14)23/h4-12H,1-3H3,(H,21,25)(H,22,24). The van der Waals surface area contributed by atoms with Crippen molar-refractivity contribution >= 4 is 28.7 Å². The molecular weight excluding hydrogens is 332 g/mol. The minimum atomic E-state index is -0.309. The molecule has 3 rings (SSSR count).